The lowest BCUT2D eigenvalue weighted by atomic mass is 10.4. The first-order valence-corrected chi connectivity index (χ1v) is 5.53. The molecule has 0 aliphatic carbocycles. The number of rotatable bonds is 3. The molecule has 2 aromatic heterocycles. The van der Waals surface area contributed by atoms with Crippen molar-refractivity contribution < 1.29 is 4.39 Å². The fourth-order valence-electron chi connectivity index (χ4n) is 1.10. The third kappa shape index (κ3) is 2.91. The highest BCUT2D eigenvalue weighted by atomic mass is 35.5. The van der Waals surface area contributed by atoms with Crippen LogP contribution < -0.4 is 5.32 Å². The van der Waals surface area contributed by atoms with E-state index in [2.05, 4.69) is 10.3 Å². The van der Waals surface area contributed by atoms with Crippen molar-refractivity contribution in [2.24, 2.45) is 0 Å². The van der Waals surface area contributed by atoms with Crippen molar-refractivity contribution in [2.45, 2.75) is 6.54 Å². The van der Waals surface area contributed by atoms with Gasteiger partial charge in [-0.05, 0) is 24.3 Å². The number of hydrogen-bond acceptors (Lipinski definition) is 3. The fraction of sp³-hybridized carbons (Fsp3) is 0.100. The van der Waals surface area contributed by atoms with Crippen LogP contribution in [0.25, 0.3) is 0 Å². The molecule has 0 amide bonds. The quantitative estimate of drug-likeness (QED) is 0.891. The molecule has 2 aromatic rings. The summed E-state index contributed by atoms with van der Waals surface area (Å²) in [5.41, 5.74) is 0. The van der Waals surface area contributed by atoms with Gasteiger partial charge in [-0.25, -0.2) is 9.37 Å². The SMILES string of the molecule is Fc1ccc(NCc2ccc(Cl)s2)nc1. The number of thiophene rings is 1. The van der Waals surface area contributed by atoms with Crippen LogP contribution in [0.5, 0.6) is 0 Å². The van der Waals surface area contributed by atoms with Crippen LogP contribution in [-0.4, -0.2) is 4.98 Å². The number of anilines is 1. The lowest BCUT2D eigenvalue weighted by Crippen LogP contribution is -1.99. The van der Waals surface area contributed by atoms with Crippen molar-refractivity contribution in [3.63, 3.8) is 0 Å². The van der Waals surface area contributed by atoms with E-state index >= 15 is 0 Å². The molecular formula is C10H8ClFN2S. The molecular weight excluding hydrogens is 235 g/mol. The Balaban J connectivity index is 1.96. The lowest BCUT2D eigenvalue weighted by molar-refractivity contribution is 0.621. The first kappa shape index (κ1) is 10.4. The molecule has 0 saturated heterocycles. The zero-order valence-electron chi connectivity index (χ0n) is 7.71. The lowest BCUT2D eigenvalue weighted by Gasteiger charge is -2.02. The summed E-state index contributed by atoms with van der Waals surface area (Å²) in [7, 11) is 0. The van der Waals surface area contributed by atoms with Gasteiger partial charge in [0.05, 0.1) is 17.1 Å². The fourth-order valence-corrected chi connectivity index (χ4v) is 2.13. The second-order valence-electron chi connectivity index (χ2n) is 2.92. The maximum atomic E-state index is 12.5. The van der Waals surface area contributed by atoms with Crippen LogP contribution in [0.3, 0.4) is 0 Å². The third-order valence-corrected chi connectivity index (χ3v) is 3.03. The number of aromatic nitrogens is 1. The smallest absolute Gasteiger partial charge is 0.141 e. The molecule has 0 radical (unpaired) electrons. The molecule has 0 aliphatic rings. The van der Waals surface area contributed by atoms with Gasteiger partial charge in [0.2, 0.25) is 0 Å². The predicted molar refractivity (Wildman–Crippen MR) is 60.9 cm³/mol. The topological polar surface area (TPSA) is 24.9 Å². The molecule has 0 bridgehead atoms. The van der Waals surface area contributed by atoms with Crippen LogP contribution in [-0.2, 0) is 6.54 Å². The molecule has 0 saturated carbocycles. The van der Waals surface area contributed by atoms with Gasteiger partial charge in [-0.3, -0.25) is 0 Å². The Morgan fingerprint density at radius 2 is 2.20 bits per heavy atom. The maximum absolute atomic E-state index is 12.5. The summed E-state index contributed by atoms with van der Waals surface area (Å²) < 4.78 is 13.3. The molecule has 1 N–H and O–H groups in total. The van der Waals surface area contributed by atoms with Gasteiger partial charge in [-0.15, -0.1) is 11.3 Å². The molecule has 0 aromatic carbocycles. The largest absolute Gasteiger partial charge is 0.365 e. The Kier molecular flexibility index (Phi) is 3.18. The van der Waals surface area contributed by atoms with Gasteiger partial charge in [0.1, 0.15) is 11.6 Å². The number of halogens is 2. The van der Waals surface area contributed by atoms with Crippen LogP contribution in [0.15, 0.2) is 30.5 Å². The molecule has 0 aliphatic heterocycles. The minimum atomic E-state index is -0.334. The van der Waals surface area contributed by atoms with Crippen molar-refractivity contribution in [3.8, 4) is 0 Å². The summed E-state index contributed by atoms with van der Waals surface area (Å²) in [5.74, 6) is 0.320. The number of nitrogens with one attached hydrogen (secondary N) is 1. The van der Waals surface area contributed by atoms with Crippen molar-refractivity contribution in [1.82, 2.24) is 4.98 Å². The summed E-state index contributed by atoms with van der Waals surface area (Å²) in [6, 6.07) is 6.77. The van der Waals surface area contributed by atoms with Crippen LogP contribution in [0.4, 0.5) is 10.2 Å². The second kappa shape index (κ2) is 4.59. The van der Waals surface area contributed by atoms with E-state index in [0.717, 1.165) is 9.21 Å². The van der Waals surface area contributed by atoms with Crippen LogP contribution in [0.2, 0.25) is 4.34 Å². The van der Waals surface area contributed by atoms with Gasteiger partial charge in [0.25, 0.3) is 0 Å². The molecule has 0 spiro atoms. The van der Waals surface area contributed by atoms with E-state index in [0.29, 0.717) is 12.4 Å². The van der Waals surface area contributed by atoms with Gasteiger partial charge in [0.15, 0.2) is 0 Å². The van der Waals surface area contributed by atoms with Crippen molar-refractivity contribution in [2.75, 3.05) is 5.32 Å². The molecule has 2 heterocycles. The van der Waals surface area contributed by atoms with Gasteiger partial charge < -0.3 is 5.32 Å². The number of nitrogens with zero attached hydrogens (tertiary/aromatic N) is 1. The van der Waals surface area contributed by atoms with Crippen molar-refractivity contribution in [3.05, 3.63) is 45.5 Å². The van der Waals surface area contributed by atoms with Gasteiger partial charge >= 0.3 is 0 Å². The summed E-state index contributed by atoms with van der Waals surface area (Å²) >= 11 is 7.30. The Morgan fingerprint density at radius 1 is 1.33 bits per heavy atom. The second-order valence-corrected chi connectivity index (χ2v) is 4.72. The molecule has 78 valence electrons. The average Bonchev–Trinajstić information content (AvgIpc) is 2.64. The molecule has 0 atom stereocenters. The van der Waals surface area contributed by atoms with E-state index in [-0.39, 0.29) is 5.82 Å². The Labute approximate surface area is 95.7 Å². The highest BCUT2D eigenvalue weighted by Crippen LogP contribution is 2.21. The van der Waals surface area contributed by atoms with Gasteiger partial charge in [-0.1, -0.05) is 11.6 Å². The molecule has 0 unspecified atom stereocenters. The summed E-state index contributed by atoms with van der Waals surface area (Å²) in [4.78, 5) is 5.00. The highest BCUT2D eigenvalue weighted by Gasteiger charge is 1.98. The van der Waals surface area contributed by atoms with E-state index < -0.39 is 0 Å². The summed E-state index contributed by atoms with van der Waals surface area (Å²) in [6.45, 7) is 0.649. The van der Waals surface area contributed by atoms with Crippen molar-refractivity contribution in [1.29, 1.82) is 0 Å². The Bertz CT molecular complexity index is 441. The molecule has 0 fully saturated rings. The Hall–Kier alpha value is -1.13. The van der Waals surface area contributed by atoms with E-state index in [1.807, 2.05) is 12.1 Å². The highest BCUT2D eigenvalue weighted by molar-refractivity contribution is 7.16. The zero-order valence-corrected chi connectivity index (χ0v) is 9.28. The zero-order chi connectivity index (χ0) is 10.7. The van der Waals surface area contributed by atoms with Crippen LogP contribution in [0, 0.1) is 5.82 Å². The van der Waals surface area contributed by atoms with Crippen LogP contribution >= 0.6 is 22.9 Å². The molecule has 2 nitrogen and oxygen atoms in total. The maximum Gasteiger partial charge on any atom is 0.141 e. The third-order valence-electron chi connectivity index (χ3n) is 1.80. The van der Waals surface area contributed by atoms with Crippen molar-refractivity contribution >= 4 is 28.8 Å². The summed E-state index contributed by atoms with van der Waals surface area (Å²) in [5, 5.41) is 3.08. The Morgan fingerprint density at radius 3 is 2.80 bits per heavy atom. The number of hydrogen-bond donors (Lipinski definition) is 1. The van der Waals surface area contributed by atoms with E-state index in [9.17, 15) is 4.39 Å². The molecule has 2 rings (SSSR count). The summed E-state index contributed by atoms with van der Waals surface area (Å²) in [6.07, 6.45) is 1.18. The first-order valence-electron chi connectivity index (χ1n) is 4.34. The first-order chi connectivity index (χ1) is 7.24. The molecule has 15 heavy (non-hydrogen) atoms. The molecule has 5 heteroatoms. The van der Waals surface area contributed by atoms with Gasteiger partial charge in [0, 0.05) is 4.88 Å². The monoisotopic (exact) mass is 242 g/mol. The minimum Gasteiger partial charge on any atom is -0.365 e. The van der Waals surface area contributed by atoms with Crippen LogP contribution in [0.1, 0.15) is 4.88 Å². The van der Waals surface area contributed by atoms with Gasteiger partial charge in [-0.2, -0.15) is 0 Å². The van der Waals surface area contributed by atoms with E-state index in [1.54, 1.807) is 6.07 Å². The predicted octanol–water partition coefficient (Wildman–Crippen LogP) is 3.55. The average molecular weight is 243 g/mol. The van der Waals surface area contributed by atoms with E-state index in [4.69, 9.17) is 11.6 Å². The normalized spacial score (nSPS) is 10.3. The van der Waals surface area contributed by atoms with E-state index in [1.165, 1.54) is 23.6 Å². The number of pyridine rings is 1. The standard InChI is InChI=1S/C10H8ClFN2S/c11-9-3-2-8(15-9)6-14-10-4-1-7(12)5-13-10/h1-5H,6H2,(H,13,14). The minimum absolute atomic E-state index is 0.334.